The third-order valence-corrected chi connectivity index (χ3v) is 4.16. The number of benzene rings is 1. The normalized spacial score (nSPS) is 15.1. The molecule has 1 aromatic carbocycles. The summed E-state index contributed by atoms with van der Waals surface area (Å²) < 4.78 is 8.48. The lowest BCUT2D eigenvalue weighted by Crippen LogP contribution is -2.21. The molecule has 2 aromatic rings. The van der Waals surface area contributed by atoms with Crippen LogP contribution in [-0.4, -0.2) is 23.4 Å². The summed E-state index contributed by atoms with van der Waals surface area (Å²) in [7, 11) is 3.93. The van der Waals surface area contributed by atoms with E-state index in [0.717, 1.165) is 28.9 Å². The molecule has 19 heavy (non-hydrogen) atoms. The van der Waals surface area contributed by atoms with E-state index < -0.39 is 0 Å². The van der Waals surface area contributed by atoms with Gasteiger partial charge in [-0.15, -0.1) is 0 Å². The summed E-state index contributed by atoms with van der Waals surface area (Å²) in [5.41, 5.74) is 3.65. The maximum absolute atomic E-state index is 5.56. The molecule has 0 radical (unpaired) electrons. The molecule has 2 heterocycles. The number of nitrogens with one attached hydrogen (secondary N) is 1. The Morgan fingerprint density at radius 2 is 2.32 bits per heavy atom. The number of fused-ring (bicyclic) bond motifs is 1. The number of hydrogen-bond donors (Lipinski definition) is 1. The van der Waals surface area contributed by atoms with E-state index in [0.29, 0.717) is 0 Å². The zero-order valence-electron chi connectivity index (χ0n) is 11.0. The van der Waals surface area contributed by atoms with Crippen molar-refractivity contribution in [3.05, 3.63) is 45.7 Å². The predicted molar refractivity (Wildman–Crippen MR) is 77.5 cm³/mol. The molecule has 1 unspecified atom stereocenters. The number of aromatic nitrogens is 2. The van der Waals surface area contributed by atoms with Crippen molar-refractivity contribution >= 4 is 15.9 Å². The minimum atomic E-state index is 0.118. The van der Waals surface area contributed by atoms with Gasteiger partial charge in [0.1, 0.15) is 5.75 Å². The van der Waals surface area contributed by atoms with Gasteiger partial charge in [-0.05, 0) is 40.2 Å². The zero-order chi connectivity index (χ0) is 13.4. The van der Waals surface area contributed by atoms with E-state index >= 15 is 0 Å². The maximum atomic E-state index is 5.56. The fraction of sp³-hybridized carbons (Fsp3) is 0.357. The van der Waals surface area contributed by atoms with Crippen LogP contribution in [0.15, 0.2) is 28.9 Å². The van der Waals surface area contributed by atoms with Crippen LogP contribution >= 0.6 is 15.9 Å². The summed E-state index contributed by atoms with van der Waals surface area (Å²) in [6, 6.07) is 6.52. The second kappa shape index (κ2) is 4.98. The van der Waals surface area contributed by atoms with Gasteiger partial charge in [-0.3, -0.25) is 4.68 Å². The fourth-order valence-electron chi connectivity index (χ4n) is 2.59. The molecule has 4 nitrogen and oxygen atoms in total. The van der Waals surface area contributed by atoms with E-state index in [9.17, 15) is 0 Å². The van der Waals surface area contributed by atoms with Gasteiger partial charge in [0.2, 0.25) is 0 Å². The standard InChI is InChI=1S/C14H16BrN3O/c1-16-13(14-11(15)8-17-18(14)2)10-3-4-12-9(7-10)5-6-19-12/h3-4,7-8,13,16H,5-6H2,1-2H3. The Kier molecular flexibility index (Phi) is 3.33. The quantitative estimate of drug-likeness (QED) is 0.943. The highest BCUT2D eigenvalue weighted by molar-refractivity contribution is 9.10. The van der Waals surface area contributed by atoms with Crippen LogP contribution in [0.2, 0.25) is 0 Å². The first-order valence-electron chi connectivity index (χ1n) is 6.31. The molecule has 0 spiro atoms. The van der Waals surface area contributed by atoms with E-state index in [-0.39, 0.29) is 6.04 Å². The van der Waals surface area contributed by atoms with E-state index in [1.54, 1.807) is 0 Å². The summed E-state index contributed by atoms with van der Waals surface area (Å²) in [6.45, 7) is 0.790. The van der Waals surface area contributed by atoms with Crippen molar-refractivity contribution in [2.45, 2.75) is 12.5 Å². The second-order valence-electron chi connectivity index (χ2n) is 4.69. The van der Waals surface area contributed by atoms with Crippen LogP contribution in [0.1, 0.15) is 22.9 Å². The molecule has 0 aliphatic carbocycles. The lowest BCUT2D eigenvalue weighted by molar-refractivity contribution is 0.357. The Labute approximate surface area is 120 Å². The van der Waals surface area contributed by atoms with Gasteiger partial charge in [0.15, 0.2) is 0 Å². The van der Waals surface area contributed by atoms with Gasteiger partial charge < -0.3 is 10.1 Å². The van der Waals surface area contributed by atoms with Crippen molar-refractivity contribution in [2.75, 3.05) is 13.7 Å². The van der Waals surface area contributed by atoms with Crippen molar-refractivity contribution in [3.8, 4) is 5.75 Å². The predicted octanol–water partition coefficient (Wildman–Crippen LogP) is 2.43. The maximum Gasteiger partial charge on any atom is 0.122 e. The lowest BCUT2D eigenvalue weighted by Gasteiger charge is -2.18. The number of aryl methyl sites for hydroxylation is 1. The monoisotopic (exact) mass is 321 g/mol. The molecule has 0 saturated heterocycles. The summed E-state index contributed by atoms with van der Waals surface area (Å²) >= 11 is 3.57. The number of halogens is 1. The van der Waals surface area contributed by atoms with Crippen molar-refractivity contribution < 1.29 is 4.74 Å². The van der Waals surface area contributed by atoms with E-state index in [1.165, 1.54) is 11.1 Å². The van der Waals surface area contributed by atoms with Gasteiger partial charge in [0, 0.05) is 13.5 Å². The first-order chi connectivity index (χ1) is 9.20. The van der Waals surface area contributed by atoms with Crippen molar-refractivity contribution in [3.63, 3.8) is 0 Å². The number of nitrogens with zero attached hydrogens (tertiary/aromatic N) is 2. The van der Waals surface area contributed by atoms with Gasteiger partial charge in [-0.1, -0.05) is 12.1 Å². The topological polar surface area (TPSA) is 39.1 Å². The molecule has 3 rings (SSSR count). The highest BCUT2D eigenvalue weighted by Crippen LogP contribution is 2.32. The Balaban J connectivity index is 2.03. The third-order valence-electron chi connectivity index (χ3n) is 3.55. The SMILES string of the molecule is CNC(c1ccc2c(c1)CCO2)c1c(Br)cnn1C. The molecule has 100 valence electrons. The first kappa shape index (κ1) is 12.7. The van der Waals surface area contributed by atoms with Crippen LogP contribution in [-0.2, 0) is 13.5 Å². The van der Waals surface area contributed by atoms with E-state index in [4.69, 9.17) is 4.74 Å². The average molecular weight is 322 g/mol. The van der Waals surface area contributed by atoms with Gasteiger partial charge >= 0.3 is 0 Å². The van der Waals surface area contributed by atoms with Crippen LogP contribution in [0, 0.1) is 0 Å². The summed E-state index contributed by atoms with van der Waals surface area (Å²) in [5.74, 6) is 1.02. The van der Waals surface area contributed by atoms with Crippen molar-refractivity contribution in [2.24, 2.45) is 7.05 Å². The molecule has 1 aliphatic heterocycles. The van der Waals surface area contributed by atoms with Crippen LogP contribution < -0.4 is 10.1 Å². The molecule has 1 aliphatic rings. The van der Waals surface area contributed by atoms with E-state index in [2.05, 4.69) is 44.5 Å². The highest BCUT2D eigenvalue weighted by atomic mass is 79.9. The summed E-state index contributed by atoms with van der Waals surface area (Å²) in [6.07, 6.45) is 2.82. The molecule has 1 atom stereocenters. The minimum Gasteiger partial charge on any atom is -0.493 e. The fourth-order valence-corrected chi connectivity index (χ4v) is 3.17. The van der Waals surface area contributed by atoms with Crippen molar-refractivity contribution in [1.29, 1.82) is 0 Å². The molecular formula is C14H16BrN3O. The second-order valence-corrected chi connectivity index (χ2v) is 5.54. The molecule has 5 heteroatoms. The number of hydrogen-bond acceptors (Lipinski definition) is 3. The molecule has 0 fully saturated rings. The van der Waals surface area contributed by atoms with E-state index in [1.807, 2.05) is 25.0 Å². The number of rotatable bonds is 3. The third kappa shape index (κ3) is 2.17. The molecule has 1 aromatic heterocycles. The molecule has 0 amide bonds. The van der Waals surface area contributed by atoms with Crippen LogP contribution in [0.4, 0.5) is 0 Å². The lowest BCUT2D eigenvalue weighted by atomic mass is 10.0. The van der Waals surface area contributed by atoms with Gasteiger partial charge in [0.05, 0.1) is 29.0 Å². The van der Waals surface area contributed by atoms with Crippen LogP contribution in [0.3, 0.4) is 0 Å². The molecule has 1 N–H and O–H groups in total. The smallest absolute Gasteiger partial charge is 0.122 e. The van der Waals surface area contributed by atoms with Gasteiger partial charge in [-0.25, -0.2) is 0 Å². The van der Waals surface area contributed by atoms with Crippen LogP contribution in [0.25, 0.3) is 0 Å². The minimum absolute atomic E-state index is 0.118. The van der Waals surface area contributed by atoms with Gasteiger partial charge in [-0.2, -0.15) is 5.10 Å². The largest absolute Gasteiger partial charge is 0.493 e. The Bertz CT molecular complexity index is 589. The van der Waals surface area contributed by atoms with Crippen molar-refractivity contribution in [1.82, 2.24) is 15.1 Å². The summed E-state index contributed by atoms with van der Waals surface area (Å²) in [5, 5.41) is 7.65. The highest BCUT2D eigenvalue weighted by Gasteiger charge is 2.21. The Hall–Kier alpha value is -1.33. The summed E-state index contributed by atoms with van der Waals surface area (Å²) in [4.78, 5) is 0. The molecule has 0 bridgehead atoms. The Morgan fingerprint density at radius 3 is 3.00 bits per heavy atom. The molecular weight excluding hydrogens is 306 g/mol. The molecule has 0 saturated carbocycles. The van der Waals surface area contributed by atoms with Crippen LogP contribution in [0.5, 0.6) is 5.75 Å². The average Bonchev–Trinajstić information content (AvgIpc) is 3.00. The zero-order valence-corrected chi connectivity index (χ0v) is 12.6. The first-order valence-corrected chi connectivity index (χ1v) is 7.10. The Morgan fingerprint density at radius 1 is 1.47 bits per heavy atom. The number of ether oxygens (including phenoxy) is 1. The van der Waals surface area contributed by atoms with Gasteiger partial charge in [0.25, 0.3) is 0 Å².